The van der Waals surface area contributed by atoms with Crippen LogP contribution in [0.4, 0.5) is 4.39 Å². The molecule has 0 saturated carbocycles. The average Bonchev–Trinajstić information content (AvgIpc) is 2.72. The monoisotopic (exact) mass is 424 g/mol. The number of hydrogen-bond donors (Lipinski definition) is 1. The van der Waals surface area contributed by atoms with Gasteiger partial charge in [-0.05, 0) is 36.4 Å². The number of sulfonamides is 1. The first-order valence-electron chi connectivity index (χ1n) is 9.07. The van der Waals surface area contributed by atoms with E-state index in [0.717, 1.165) is 18.2 Å². The number of benzene rings is 2. The first-order valence-corrected chi connectivity index (χ1v) is 10.5. The number of carbonyl (C=O) groups is 1. The van der Waals surface area contributed by atoms with Crippen molar-refractivity contribution in [1.29, 1.82) is 0 Å². The number of ether oxygens (including phenoxy) is 2. The molecule has 2 rings (SSSR count). The van der Waals surface area contributed by atoms with Crippen LogP contribution in [0.2, 0.25) is 0 Å². The summed E-state index contributed by atoms with van der Waals surface area (Å²) in [6.45, 7) is 4.01. The van der Waals surface area contributed by atoms with E-state index in [-0.39, 0.29) is 30.1 Å². The van der Waals surface area contributed by atoms with Crippen molar-refractivity contribution in [2.75, 3.05) is 27.3 Å². The Hall–Kier alpha value is -2.65. The minimum absolute atomic E-state index is 0.0473. The Labute approximate surface area is 170 Å². The first-order chi connectivity index (χ1) is 13.8. The van der Waals surface area contributed by atoms with E-state index in [4.69, 9.17) is 9.47 Å². The van der Waals surface area contributed by atoms with Crippen LogP contribution in [0.3, 0.4) is 0 Å². The van der Waals surface area contributed by atoms with Gasteiger partial charge >= 0.3 is 0 Å². The molecule has 0 atom stereocenters. The average molecular weight is 424 g/mol. The quantitative estimate of drug-likeness (QED) is 0.669. The Morgan fingerprint density at radius 2 is 1.76 bits per heavy atom. The van der Waals surface area contributed by atoms with Crippen LogP contribution in [0.1, 0.15) is 29.8 Å². The number of nitrogens with one attached hydrogen (secondary N) is 1. The third kappa shape index (κ3) is 5.04. The second-order valence-corrected chi connectivity index (χ2v) is 8.03. The smallest absolute Gasteiger partial charge is 0.254 e. The maximum atomic E-state index is 14.2. The van der Waals surface area contributed by atoms with Crippen LogP contribution in [0.5, 0.6) is 11.5 Å². The van der Waals surface area contributed by atoms with Crippen LogP contribution in [-0.2, 0) is 16.6 Å². The molecule has 0 bridgehead atoms. The van der Waals surface area contributed by atoms with Crippen LogP contribution < -0.4 is 14.8 Å². The molecule has 1 N–H and O–H groups in total. The highest BCUT2D eigenvalue weighted by Gasteiger charge is 2.24. The van der Waals surface area contributed by atoms with Crippen LogP contribution in [0.25, 0.3) is 0 Å². The van der Waals surface area contributed by atoms with E-state index in [1.807, 2.05) is 0 Å². The lowest BCUT2D eigenvalue weighted by atomic mass is 10.1. The van der Waals surface area contributed by atoms with E-state index in [9.17, 15) is 17.6 Å². The van der Waals surface area contributed by atoms with Gasteiger partial charge in [-0.2, -0.15) is 4.31 Å². The number of carbonyl (C=O) groups excluding carboxylic acids is 1. The summed E-state index contributed by atoms with van der Waals surface area (Å²) in [6.07, 6.45) is 0. The van der Waals surface area contributed by atoms with Gasteiger partial charge in [0.05, 0.1) is 24.7 Å². The summed E-state index contributed by atoms with van der Waals surface area (Å²) >= 11 is 0. The topological polar surface area (TPSA) is 84.9 Å². The Balaban J connectivity index is 2.28. The fraction of sp³-hybridized carbons (Fsp3) is 0.350. The summed E-state index contributed by atoms with van der Waals surface area (Å²) in [7, 11) is -0.801. The molecular formula is C20H25FN2O5S. The van der Waals surface area contributed by atoms with Crippen LogP contribution >= 0.6 is 0 Å². The molecule has 0 aromatic heterocycles. The van der Waals surface area contributed by atoms with Gasteiger partial charge in [-0.1, -0.05) is 13.8 Å². The summed E-state index contributed by atoms with van der Waals surface area (Å²) in [6, 6.07) is 8.30. The number of rotatable bonds is 9. The molecule has 0 aliphatic rings. The third-order valence-corrected chi connectivity index (χ3v) is 6.50. The van der Waals surface area contributed by atoms with Crippen molar-refractivity contribution in [3.63, 3.8) is 0 Å². The lowest BCUT2D eigenvalue weighted by Gasteiger charge is -2.19. The summed E-state index contributed by atoms with van der Waals surface area (Å²) in [5.74, 6) is -0.430. The van der Waals surface area contributed by atoms with Crippen molar-refractivity contribution >= 4 is 15.9 Å². The lowest BCUT2D eigenvalue weighted by Crippen LogP contribution is -2.31. The van der Waals surface area contributed by atoms with E-state index in [2.05, 4.69) is 5.32 Å². The number of hydrogen-bond acceptors (Lipinski definition) is 5. The van der Waals surface area contributed by atoms with Gasteiger partial charge < -0.3 is 14.8 Å². The van der Waals surface area contributed by atoms with Crippen molar-refractivity contribution < 1.29 is 27.1 Å². The SMILES string of the molecule is CCN(CC)S(=O)(=O)c1ccc(F)c(C(=O)NCc2cc(OC)ccc2OC)c1. The lowest BCUT2D eigenvalue weighted by molar-refractivity contribution is 0.0946. The maximum absolute atomic E-state index is 14.2. The fourth-order valence-electron chi connectivity index (χ4n) is 2.84. The number of methoxy groups -OCH3 is 2. The maximum Gasteiger partial charge on any atom is 0.254 e. The van der Waals surface area contributed by atoms with Gasteiger partial charge in [0.15, 0.2) is 0 Å². The molecule has 158 valence electrons. The summed E-state index contributed by atoms with van der Waals surface area (Å²) in [4.78, 5) is 12.4. The molecule has 29 heavy (non-hydrogen) atoms. The van der Waals surface area contributed by atoms with E-state index in [1.165, 1.54) is 18.5 Å². The Morgan fingerprint density at radius 1 is 1.07 bits per heavy atom. The molecule has 0 heterocycles. The van der Waals surface area contributed by atoms with Crippen LogP contribution in [-0.4, -0.2) is 45.9 Å². The predicted octanol–water partition coefficient (Wildman–Crippen LogP) is 2.80. The molecule has 0 saturated heterocycles. The van der Waals surface area contributed by atoms with Gasteiger partial charge in [0.2, 0.25) is 10.0 Å². The molecule has 1 amide bonds. The highest BCUT2D eigenvalue weighted by Crippen LogP contribution is 2.24. The molecule has 0 spiro atoms. The largest absolute Gasteiger partial charge is 0.497 e. The molecule has 0 unspecified atom stereocenters. The summed E-state index contributed by atoms with van der Waals surface area (Å²) < 4.78 is 51.2. The van der Waals surface area contributed by atoms with Crippen LogP contribution in [0, 0.1) is 5.82 Å². The van der Waals surface area contributed by atoms with Gasteiger partial charge in [0.1, 0.15) is 17.3 Å². The predicted molar refractivity (Wildman–Crippen MR) is 107 cm³/mol. The van der Waals surface area contributed by atoms with Gasteiger partial charge in [0.25, 0.3) is 5.91 Å². The Bertz CT molecular complexity index is 975. The van der Waals surface area contributed by atoms with Crippen molar-refractivity contribution in [2.45, 2.75) is 25.3 Å². The van der Waals surface area contributed by atoms with Crippen molar-refractivity contribution in [3.8, 4) is 11.5 Å². The normalized spacial score (nSPS) is 11.4. The minimum Gasteiger partial charge on any atom is -0.497 e. The van der Waals surface area contributed by atoms with Crippen molar-refractivity contribution in [3.05, 3.63) is 53.3 Å². The second-order valence-electron chi connectivity index (χ2n) is 6.09. The zero-order chi connectivity index (χ0) is 21.6. The summed E-state index contributed by atoms with van der Waals surface area (Å²) in [5, 5.41) is 2.60. The molecule has 0 radical (unpaired) electrons. The molecular weight excluding hydrogens is 399 g/mol. The van der Waals surface area contributed by atoms with Crippen molar-refractivity contribution in [1.82, 2.24) is 9.62 Å². The second kappa shape index (κ2) is 9.71. The van der Waals surface area contributed by atoms with Crippen LogP contribution in [0.15, 0.2) is 41.3 Å². The van der Waals surface area contributed by atoms with E-state index in [1.54, 1.807) is 32.0 Å². The molecule has 9 heteroatoms. The fourth-order valence-corrected chi connectivity index (χ4v) is 4.33. The number of halogens is 1. The standard InChI is InChI=1S/C20H25FN2O5S/c1-5-23(6-2)29(25,26)16-8-9-18(21)17(12-16)20(24)22-13-14-11-15(27-3)7-10-19(14)28-4/h7-12H,5-6,13H2,1-4H3,(H,22,24). The zero-order valence-electron chi connectivity index (χ0n) is 16.9. The minimum atomic E-state index is -3.81. The molecule has 0 aliphatic carbocycles. The molecule has 2 aromatic carbocycles. The Kier molecular flexibility index (Phi) is 7.58. The first kappa shape index (κ1) is 22.6. The van der Waals surface area contributed by atoms with E-state index < -0.39 is 21.7 Å². The van der Waals surface area contributed by atoms with Gasteiger partial charge in [0, 0.05) is 25.2 Å². The van der Waals surface area contributed by atoms with Gasteiger partial charge in [-0.25, -0.2) is 12.8 Å². The van der Waals surface area contributed by atoms with Gasteiger partial charge in [-0.3, -0.25) is 4.79 Å². The highest BCUT2D eigenvalue weighted by atomic mass is 32.2. The molecule has 0 fully saturated rings. The van der Waals surface area contributed by atoms with Gasteiger partial charge in [-0.15, -0.1) is 0 Å². The summed E-state index contributed by atoms with van der Waals surface area (Å²) in [5.41, 5.74) is 0.285. The van der Waals surface area contributed by atoms with E-state index >= 15 is 0 Å². The number of amides is 1. The molecule has 7 nitrogen and oxygen atoms in total. The Morgan fingerprint density at radius 3 is 2.34 bits per heavy atom. The molecule has 2 aromatic rings. The molecule has 0 aliphatic heterocycles. The highest BCUT2D eigenvalue weighted by molar-refractivity contribution is 7.89. The van der Waals surface area contributed by atoms with Crippen molar-refractivity contribution in [2.24, 2.45) is 0 Å². The zero-order valence-corrected chi connectivity index (χ0v) is 17.7. The number of nitrogens with zero attached hydrogens (tertiary/aromatic N) is 1. The third-order valence-electron chi connectivity index (χ3n) is 4.45. The van der Waals surface area contributed by atoms with E-state index in [0.29, 0.717) is 17.1 Å².